The molecular formula is C18H28N4OS. The quantitative estimate of drug-likeness (QED) is 0.833. The highest BCUT2D eigenvalue weighted by atomic mass is 32.2. The van der Waals surface area contributed by atoms with E-state index in [1.165, 1.54) is 17.9 Å². The Balaban J connectivity index is 1.58. The van der Waals surface area contributed by atoms with E-state index in [0.717, 1.165) is 56.8 Å². The number of carbonyl (C=O) groups is 1. The third-order valence-electron chi connectivity index (χ3n) is 4.96. The molecule has 0 spiro atoms. The minimum atomic E-state index is 0.184. The van der Waals surface area contributed by atoms with E-state index in [0.29, 0.717) is 0 Å². The molecule has 0 unspecified atom stereocenters. The van der Waals surface area contributed by atoms with E-state index in [-0.39, 0.29) is 5.91 Å². The lowest BCUT2D eigenvalue weighted by molar-refractivity contribution is -0.130. The molecule has 0 aromatic carbocycles. The van der Waals surface area contributed by atoms with E-state index in [4.69, 9.17) is 0 Å². The third-order valence-corrected chi connectivity index (χ3v) is 6.33. The zero-order chi connectivity index (χ0) is 16.9. The van der Waals surface area contributed by atoms with Gasteiger partial charge in [0.05, 0.1) is 5.69 Å². The monoisotopic (exact) mass is 348 g/mol. The first-order chi connectivity index (χ1) is 11.7. The Hall–Kier alpha value is -1.27. The van der Waals surface area contributed by atoms with Gasteiger partial charge >= 0.3 is 0 Å². The maximum absolute atomic E-state index is 11.4. The maximum Gasteiger partial charge on any atom is 0.219 e. The molecule has 1 amide bonds. The Morgan fingerprint density at radius 2 is 2.08 bits per heavy atom. The highest BCUT2D eigenvalue weighted by Gasteiger charge is 2.21. The summed E-state index contributed by atoms with van der Waals surface area (Å²) >= 11 is 2.10. The van der Waals surface area contributed by atoms with E-state index >= 15 is 0 Å². The van der Waals surface area contributed by atoms with E-state index in [9.17, 15) is 4.79 Å². The minimum Gasteiger partial charge on any atom is -0.369 e. The van der Waals surface area contributed by atoms with Crippen LogP contribution in [0.25, 0.3) is 0 Å². The van der Waals surface area contributed by atoms with Gasteiger partial charge in [-0.2, -0.15) is 11.8 Å². The average molecular weight is 349 g/mol. The summed E-state index contributed by atoms with van der Waals surface area (Å²) in [5, 5.41) is 0.745. The molecule has 0 saturated carbocycles. The number of nitrogens with zero attached hydrogens (tertiary/aromatic N) is 4. The zero-order valence-electron chi connectivity index (χ0n) is 14.8. The van der Waals surface area contributed by atoms with Gasteiger partial charge in [0.2, 0.25) is 5.91 Å². The Labute approximate surface area is 149 Å². The predicted octanol–water partition coefficient (Wildman–Crippen LogP) is 2.08. The Morgan fingerprint density at radius 1 is 1.29 bits per heavy atom. The first-order valence-corrected chi connectivity index (χ1v) is 10.00. The SMILES string of the molecule is CC[C@H]1CN(c2ccnc(CN3CCN(C(C)=O)CC3)c2)CCS1. The molecule has 2 aliphatic heterocycles. The molecule has 6 heteroatoms. The Morgan fingerprint density at radius 3 is 2.79 bits per heavy atom. The summed E-state index contributed by atoms with van der Waals surface area (Å²) < 4.78 is 0. The first kappa shape index (κ1) is 17.5. The lowest BCUT2D eigenvalue weighted by Gasteiger charge is -2.35. The Bertz CT molecular complexity index is 560. The third kappa shape index (κ3) is 4.42. The maximum atomic E-state index is 11.4. The zero-order valence-corrected chi connectivity index (χ0v) is 15.6. The lowest BCUT2D eigenvalue weighted by Crippen LogP contribution is -2.47. The molecule has 0 bridgehead atoms. The number of hydrogen-bond acceptors (Lipinski definition) is 5. The van der Waals surface area contributed by atoms with E-state index < -0.39 is 0 Å². The number of rotatable bonds is 4. The summed E-state index contributed by atoms with van der Waals surface area (Å²) in [4.78, 5) is 22.8. The van der Waals surface area contributed by atoms with Gasteiger partial charge in [-0.1, -0.05) is 6.92 Å². The highest BCUT2D eigenvalue weighted by molar-refractivity contribution is 8.00. The fourth-order valence-electron chi connectivity index (χ4n) is 3.40. The van der Waals surface area contributed by atoms with Crippen molar-refractivity contribution in [3.63, 3.8) is 0 Å². The molecule has 1 aromatic rings. The molecule has 3 heterocycles. The number of hydrogen-bond donors (Lipinski definition) is 0. The van der Waals surface area contributed by atoms with Crippen molar-refractivity contribution in [3.8, 4) is 0 Å². The van der Waals surface area contributed by atoms with Crippen molar-refractivity contribution in [3.05, 3.63) is 24.0 Å². The summed E-state index contributed by atoms with van der Waals surface area (Å²) in [5.41, 5.74) is 2.44. The number of pyridine rings is 1. The van der Waals surface area contributed by atoms with Crippen molar-refractivity contribution in [1.82, 2.24) is 14.8 Å². The van der Waals surface area contributed by atoms with Gasteiger partial charge in [0.15, 0.2) is 0 Å². The van der Waals surface area contributed by atoms with Gasteiger partial charge in [0.1, 0.15) is 0 Å². The molecule has 0 aliphatic carbocycles. The number of carbonyl (C=O) groups excluding carboxylic acids is 1. The molecule has 1 atom stereocenters. The normalized spacial score (nSPS) is 22.7. The van der Waals surface area contributed by atoms with Gasteiger partial charge in [-0.25, -0.2) is 0 Å². The first-order valence-electron chi connectivity index (χ1n) is 8.95. The molecule has 5 nitrogen and oxygen atoms in total. The van der Waals surface area contributed by atoms with Crippen LogP contribution >= 0.6 is 11.8 Å². The fraction of sp³-hybridized carbons (Fsp3) is 0.667. The van der Waals surface area contributed by atoms with Crippen LogP contribution in [-0.4, -0.2) is 71.0 Å². The molecule has 0 radical (unpaired) electrons. The van der Waals surface area contributed by atoms with Crippen LogP contribution in [0.4, 0.5) is 5.69 Å². The van der Waals surface area contributed by atoms with Crippen LogP contribution < -0.4 is 4.90 Å². The van der Waals surface area contributed by atoms with Gasteiger partial charge < -0.3 is 9.80 Å². The van der Waals surface area contributed by atoms with E-state index in [1.807, 2.05) is 11.1 Å². The molecule has 24 heavy (non-hydrogen) atoms. The molecule has 2 fully saturated rings. The number of thioether (sulfide) groups is 1. The summed E-state index contributed by atoms with van der Waals surface area (Å²) in [6, 6.07) is 4.39. The second-order valence-corrected chi connectivity index (χ2v) is 8.04. The van der Waals surface area contributed by atoms with Gasteiger partial charge in [-0.05, 0) is 18.6 Å². The molecule has 3 rings (SSSR count). The van der Waals surface area contributed by atoms with Crippen molar-refractivity contribution in [2.45, 2.75) is 32.1 Å². The summed E-state index contributed by atoms with van der Waals surface area (Å²) in [5.74, 6) is 1.40. The molecule has 0 N–H and O–H groups in total. The van der Waals surface area contributed by atoms with Crippen molar-refractivity contribution < 1.29 is 4.79 Å². The number of anilines is 1. The second kappa shape index (κ2) is 8.21. The van der Waals surface area contributed by atoms with Gasteiger partial charge in [-0.15, -0.1) is 0 Å². The standard InChI is InChI=1S/C18H28N4OS/c1-3-18-14-22(10-11-24-18)17-4-5-19-16(12-17)13-20-6-8-21(9-7-20)15(2)23/h4-5,12,18H,3,6-11,13-14H2,1-2H3/t18-/m0/s1. The van der Waals surface area contributed by atoms with Crippen molar-refractivity contribution in [2.75, 3.05) is 49.9 Å². The molecule has 2 aliphatic rings. The van der Waals surface area contributed by atoms with Crippen molar-refractivity contribution in [2.24, 2.45) is 0 Å². The largest absolute Gasteiger partial charge is 0.369 e. The van der Waals surface area contributed by atoms with Crippen LogP contribution in [0.1, 0.15) is 26.0 Å². The molecule has 1 aromatic heterocycles. The van der Waals surface area contributed by atoms with E-state index in [2.05, 4.69) is 45.6 Å². The van der Waals surface area contributed by atoms with Crippen molar-refractivity contribution >= 4 is 23.4 Å². The molecule has 2 saturated heterocycles. The Kier molecular flexibility index (Phi) is 6.00. The van der Waals surface area contributed by atoms with Crippen LogP contribution in [0.3, 0.4) is 0 Å². The number of aromatic nitrogens is 1. The van der Waals surface area contributed by atoms with Crippen molar-refractivity contribution in [1.29, 1.82) is 0 Å². The number of amides is 1. The van der Waals surface area contributed by atoms with Crippen LogP contribution in [-0.2, 0) is 11.3 Å². The molecule has 132 valence electrons. The second-order valence-electron chi connectivity index (χ2n) is 6.63. The highest BCUT2D eigenvalue weighted by Crippen LogP contribution is 2.26. The van der Waals surface area contributed by atoms with Crippen LogP contribution in [0.5, 0.6) is 0 Å². The van der Waals surface area contributed by atoms with Gasteiger partial charge in [0.25, 0.3) is 0 Å². The number of piperazine rings is 1. The topological polar surface area (TPSA) is 39.7 Å². The van der Waals surface area contributed by atoms with Crippen LogP contribution in [0.15, 0.2) is 18.3 Å². The lowest BCUT2D eigenvalue weighted by atomic mass is 10.2. The summed E-state index contributed by atoms with van der Waals surface area (Å²) in [7, 11) is 0. The summed E-state index contributed by atoms with van der Waals surface area (Å²) in [6.07, 6.45) is 3.18. The average Bonchev–Trinajstić information content (AvgIpc) is 2.62. The minimum absolute atomic E-state index is 0.184. The molecular weight excluding hydrogens is 320 g/mol. The van der Waals surface area contributed by atoms with E-state index in [1.54, 1.807) is 6.92 Å². The van der Waals surface area contributed by atoms with Crippen LogP contribution in [0.2, 0.25) is 0 Å². The smallest absolute Gasteiger partial charge is 0.219 e. The fourth-order valence-corrected chi connectivity index (χ4v) is 4.58. The summed E-state index contributed by atoms with van der Waals surface area (Å²) in [6.45, 7) is 10.6. The predicted molar refractivity (Wildman–Crippen MR) is 101 cm³/mol. The van der Waals surface area contributed by atoms with Gasteiger partial charge in [0, 0.05) is 75.6 Å². The van der Waals surface area contributed by atoms with Gasteiger partial charge in [-0.3, -0.25) is 14.7 Å². The van der Waals surface area contributed by atoms with Crippen LogP contribution in [0, 0.1) is 0 Å².